The number of carbonyl (C=O) groups excluding carboxylic acids is 1. The number of nitrogens with zero attached hydrogens (tertiary/aromatic N) is 1. The van der Waals surface area contributed by atoms with Crippen molar-refractivity contribution in [3.63, 3.8) is 0 Å². The highest BCUT2D eigenvalue weighted by molar-refractivity contribution is 6.06. The van der Waals surface area contributed by atoms with Gasteiger partial charge < -0.3 is 9.47 Å². The number of carbonyl (C=O) groups is 1. The number of nitriles is 1. The molecule has 0 aliphatic carbocycles. The van der Waals surface area contributed by atoms with Crippen LogP contribution in [0.25, 0.3) is 6.08 Å². The summed E-state index contributed by atoms with van der Waals surface area (Å²) in [5.74, 6) is -0.355. The van der Waals surface area contributed by atoms with Crippen molar-refractivity contribution < 1.29 is 23.0 Å². The van der Waals surface area contributed by atoms with Crippen LogP contribution in [0.15, 0.2) is 23.8 Å². The Morgan fingerprint density at radius 3 is 2.41 bits per heavy atom. The van der Waals surface area contributed by atoms with E-state index in [4.69, 9.17) is 10.00 Å². The molecular formula is C16H17F2NO3. The first-order chi connectivity index (χ1) is 10.2. The van der Waals surface area contributed by atoms with Gasteiger partial charge in [0.25, 0.3) is 0 Å². The van der Waals surface area contributed by atoms with Crippen LogP contribution < -0.4 is 9.47 Å². The number of benzene rings is 1. The van der Waals surface area contributed by atoms with E-state index in [0.29, 0.717) is 5.56 Å². The zero-order valence-electron chi connectivity index (χ0n) is 12.8. The Balaban J connectivity index is 3.24. The quantitative estimate of drug-likeness (QED) is 0.613. The van der Waals surface area contributed by atoms with Crippen LogP contribution in [0.1, 0.15) is 26.3 Å². The van der Waals surface area contributed by atoms with Crippen molar-refractivity contribution in [1.29, 1.82) is 5.26 Å². The molecule has 22 heavy (non-hydrogen) atoms. The highest BCUT2D eigenvalue weighted by atomic mass is 19.3. The third-order valence-corrected chi connectivity index (χ3v) is 2.76. The van der Waals surface area contributed by atoms with Gasteiger partial charge >= 0.3 is 6.61 Å². The van der Waals surface area contributed by atoms with E-state index >= 15 is 0 Å². The molecule has 0 amide bonds. The molecule has 1 aromatic rings. The zero-order valence-corrected chi connectivity index (χ0v) is 12.8. The third kappa shape index (κ3) is 4.55. The largest absolute Gasteiger partial charge is 0.493 e. The van der Waals surface area contributed by atoms with Gasteiger partial charge in [0, 0.05) is 5.41 Å². The summed E-state index contributed by atoms with van der Waals surface area (Å²) in [6.45, 7) is 2.08. The van der Waals surface area contributed by atoms with Crippen molar-refractivity contribution in [3.05, 3.63) is 29.3 Å². The maximum atomic E-state index is 12.4. The lowest BCUT2D eigenvalue weighted by Gasteiger charge is -2.15. The number of halogens is 2. The van der Waals surface area contributed by atoms with E-state index in [-0.39, 0.29) is 22.9 Å². The Morgan fingerprint density at radius 2 is 1.95 bits per heavy atom. The number of alkyl halides is 2. The van der Waals surface area contributed by atoms with Crippen molar-refractivity contribution >= 4 is 11.9 Å². The fraction of sp³-hybridized carbons (Fsp3) is 0.375. The van der Waals surface area contributed by atoms with Gasteiger partial charge in [0.1, 0.15) is 6.07 Å². The van der Waals surface area contributed by atoms with Gasteiger partial charge in [-0.1, -0.05) is 26.8 Å². The number of Topliss-reactive ketones (excluding diaryl/α,β-unsaturated/α-hetero) is 1. The molecule has 0 saturated carbocycles. The van der Waals surface area contributed by atoms with E-state index in [0.717, 1.165) is 0 Å². The lowest BCUT2D eigenvalue weighted by Crippen LogP contribution is -2.21. The van der Waals surface area contributed by atoms with Crippen LogP contribution >= 0.6 is 0 Å². The number of hydrogen-bond acceptors (Lipinski definition) is 4. The maximum absolute atomic E-state index is 12.4. The second-order valence-corrected chi connectivity index (χ2v) is 5.54. The van der Waals surface area contributed by atoms with Gasteiger partial charge in [0.2, 0.25) is 0 Å². The normalized spacial score (nSPS) is 12.0. The zero-order chi connectivity index (χ0) is 16.9. The van der Waals surface area contributed by atoms with Crippen molar-refractivity contribution in [2.24, 2.45) is 5.41 Å². The van der Waals surface area contributed by atoms with E-state index in [9.17, 15) is 13.6 Å². The molecule has 1 rings (SSSR count). The molecule has 0 spiro atoms. The second kappa shape index (κ2) is 7.03. The summed E-state index contributed by atoms with van der Waals surface area (Å²) in [5, 5.41) is 9.12. The van der Waals surface area contributed by atoms with Crippen LogP contribution in [0.4, 0.5) is 8.78 Å². The number of ether oxygens (including phenoxy) is 2. The number of rotatable bonds is 5. The predicted molar refractivity (Wildman–Crippen MR) is 77.7 cm³/mol. The summed E-state index contributed by atoms with van der Waals surface area (Å²) in [7, 11) is 1.33. The molecule has 0 aliphatic rings. The molecule has 0 aromatic heterocycles. The number of allylic oxidation sites excluding steroid dienone is 1. The Labute approximate surface area is 128 Å². The smallest absolute Gasteiger partial charge is 0.387 e. The lowest BCUT2D eigenvalue weighted by atomic mass is 9.86. The summed E-state index contributed by atoms with van der Waals surface area (Å²) in [6, 6.07) is 6.10. The first-order valence-electron chi connectivity index (χ1n) is 6.48. The minimum atomic E-state index is -3.00. The molecule has 0 heterocycles. The first-order valence-corrected chi connectivity index (χ1v) is 6.48. The number of methoxy groups -OCH3 is 1. The maximum Gasteiger partial charge on any atom is 0.387 e. The molecule has 6 heteroatoms. The van der Waals surface area contributed by atoms with Crippen LogP contribution in [0, 0.1) is 16.7 Å². The Bertz CT molecular complexity index is 625. The van der Waals surface area contributed by atoms with Gasteiger partial charge in [-0.2, -0.15) is 14.0 Å². The monoisotopic (exact) mass is 309 g/mol. The van der Waals surface area contributed by atoms with Crippen LogP contribution in [-0.4, -0.2) is 19.5 Å². The Hall–Kier alpha value is -2.42. The fourth-order valence-corrected chi connectivity index (χ4v) is 1.69. The molecule has 118 valence electrons. The van der Waals surface area contributed by atoms with Gasteiger partial charge in [-0.05, 0) is 23.8 Å². The molecule has 0 atom stereocenters. The minimum Gasteiger partial charge on any atom is -0.493 e. The fourth-order valence-electron chi connectivity index (χ4n) is 1.69. The van der Waals surface area contributed by atoms with E-state index in [1.807, 2.05) is 6.07 Å². The third-order valence-electron chi connectivity index (χ3n) is 2.76. The molecule has 0 saturated heterocycles. The predicted octanol–water partition coefficient (Wildman–Crippen LogP) is 3.82. The van der Waals surface area contributed by atoms with E-state index in [1.165, 1.54) is 25.3 Å². The van der Waals surface area contributed by atoms with Gasteiger partial charge in [-0.25, -0.2) is 0 Å². The molecule has 0 aliphatic heterocycles. The van der Waals surface area contributed by atoms with E-state index < -0.39 is 12.0 Å². The van der Waals surface area contributed by atoms with Crippen LogP contribution in [0.2, 0.25) is 0 Å². The molecule has 0 N–H and O–H groups in total. The molecule has 0 unspecified atom stereocenters. The summed E-state index contributed by atoms with van der Waals surface area (Å²) in [5.41, 5.74) is -0.373. The highest BCUT2D eigenvalue weighted by Gasteiger charge is 2.25. The molecule has 0 radical (unpaired) electrons. The van der Waals surface area contributed by atoms with Crippen molar-refractivity contribution in [1.82, 2.24) is 0 Å². The Morgan fingerprint density at radius 1 is 1.32 bits per heavy atom. The molecule has 0 fully saturated rings. The summed E-state index contributed by atoms with van der Waals surface area (Å²) in [4.78, 5) is 12.1. The van der Waals surface area contributed by atoms with Crippen molar-refractivity contribution in [3.8, 4) is 17.6 Å². The van der Waals surface area contributed by atoms with E-state index in [1.54, 1.807) is 26.8 Å². The standard InChI is InChI=1S/C16H17F2NO3/c1-16(2,3)14(20)11(9-19)7-10-5-6-12(21-4)13(8-10)22-15(17)18/h5-8,15H,1-4H3/b11-7+. The topological polar surface area (TPSA) is 59.3 Å². The SMILES string of the molecule is COc1ccc(/C=C(\C#N)C(=O)C(C)(C)C)cc1OC(F)F. The average Bonchev–Trinajstić information content (AvgIpc) is 2.42. The summed E-state index contributed by atoms with van der Waals surface area (Å²) >= 11 is 0. The first kappa shape index (κ1) is 17.6. The average molecular weight is 309 g/mol. The minimum absolute atomic E-state index is 0.0549. The summed E-state index contributed by atoms with van der Waals surface area (Å²) in [6.07, 6.45) is 1.34. The highest BCUT2D eigenvalue weighted by Crippen LogP contribution is 2.31. The Kier molecular flexibility index (Phi) is 5.63. The number of ketones is 1. The molecule has 0 bridgehead atoms. The number of hydrogen-bond donors (Lipinski definition) is 0. The van der Waals surface area contributed by atoms with Crippen LogP contribution in [-0.2, 0) is 4.79 Å². The van der Waals surface area contributed by atoms with Gasteiger partial charge in [0.05, 0.1) is 12.7 Å². The van der Waals surface area contributed by atoms with Crippen LogP contribution in [0.3, 0.4) is 0 Å². The van der Waals surface area contributed by atoms with Gasteiger partial charge in [-0.15, -0.1) is 0 Å². The molecular weight excluding hydrogens is 292 g/mol. The van der Waals surface area contributed by atoms with Crippen molar-refractivity contribution in [2.45, 2.75) is 27.4 Å². The van der Waals surface area contributed by atoms with E-state index in [2.05, 4.69) is 4.74 Å². The molecule has 4 nitrogen and oxygen atoms in total. The van der Waals surface area contributed by atoms with Crippen molar-refractivity contribution in [2.75, 3.05) is 7.11 Å². The lowest BCUT2D eigenvalue weighted by molar-refractivity contribution is -0.121. The molecule has 1 aromatic carbocycles. The summed E-state index contributed by atoms with van der Waals surface area (Å²) < 4.78 is 34.1. The van der Waals surface area contributed by atoms with Crippen LogP contribution in [0.5, 0.6) is 11.5 Å². The van der Waals surface area contributed by atoms with Gasteiger partial charge in [-0.3, -0.25) is 4.79 Å². The van der Waals surface area contributed by atoms with Gasteiger partial charge in [0.15, 0.2) is 17.3 Å². The second-order valence-electron chi connectivity index (χ2n) is 5.54.